The highest BCUT2D eigenvalue weighted by Gasteiger charge is 2.46. The maximum absolute atomic E-state index is 1.64. The van der Waals surface area contributed by atoms with E-state index in [1.165, 1.54) is 34.0 Å². The van der Waals surface area contributed by atoms with Gasteiger partial charge in [-0.25, -0.2) is 0 Å². The summed E-state index contributed by atoms with van der Waals surface area (Å²) in [6.07, 6.45) is 14.5. The van der Waals surface area contributed by atoms with E-state index in [1.807, 2.05) is 0 Å². The molecule has 2 heteroatoms. The molecule has 4 rings (SSSR count). The van der Waals surface area contributed by atoms with Crippen LogP contribution in [0.25, 0.3) is 0 Å². The lowest BCUT2D eigenvalue weighted by molar-refractivity contribution is 0.490. The van der Waals surface area contributed by atoms with E-state index in [1.54, 1.807) is 57.8 Å². The van der Waals surface area contributed by atoms with Crippen molar-refractivity contribution in [1.82, 2.24) is 0 Å². The fourth-order valence-electron chi connectivity index (χ4n) is 5.03. The van der Waals surface area contributed by atoms with Gasteiger partial charge in [0.05, 0.1) is 0 Å². The predicted octanol–water partition coefficient (Wildman–Crippen LogP) is 4.78. The lowest BCUT2D eigenvalue weighted by Gasteiger charge is -2.30. The van der Waals surface area contributed by atoms with Gasteiger partial charge in [-0.15, -0.1) is 0 Å². The Balaban J connectivity index is 1.35. The van der Waals surface area contributed by atoms with E-state index in [-0.39, 0.29) is 0 Å². The quantitative estimate of drug-likeness (QED) is 0.636. The second-order valence-corrected chi connectivity index (χ2v) is 10.9. The van der Waals surface area contributed by atoms with E-state index in [2.05, 4.69) is 0 Å². The Bertz CT molecular complexity index is 280. The van der Waals surface area contributed by atoms with Crippen molar-refractivity contribution in [3.05, 3.63) is 0 Å². The molecule has 0 N–H and O–H groups in total. The molecule has 4 saturated carbocycles. The topological polar surface area (TPSA) is 0 Å². The third-order valence-electron chi connectivity index (χ3n) is 6.00. The monoisotopic (exact) mass is 254 g/mol. The van der Waals surface area contributed by atoms with Crippen LogP contribution in [0.3, 0.4) is 0 Å². The highest BCUT2D eigenvalue weighted by molar-refractivity contribution is 8.12. The van der Waals surface area contributed by atoms with Crippen molar-refractivity contribution in [3.8, 4) is 0 Å². The summed E-state index contributed by atoms with van der Waals surface area (Å²) in [6, 6.07) is 0. The fraction of sp³-hybridized carbons (Fsp3) is 1.00. The highest BCUT2D eigenvalue weighted by atomic mass is 32.0. The molecule has 5 atom stereocenters. The maximum atomic E-state index is 1.64. The zero-order chi connectivity index (χ0) is 10.6. The molecule has 90 valence electrons. The van der Waals surface area contributed by atoms with Crippen LogP contribution in [0.5, 0.6) is 0 Å². The molecule has 0 aromatic rings. The van der Waals surface area contributed by atoms with Crippen LogP contribution in [-0.4, -0.2) is 10.8 Å². The molecule has 5 unspecified atom stereocenters. The van der Waals surface area contributed by atoms with Crippen molar-refractivity contribution < 1.29 is 0 Å². The Morgan fingerprint density at radius 1 is 0.875 bits per heavy atom. The van der Waals surface area contributed by atoms with Crippen molar-refractivity contribution in [1.29, 1.82) is 0 Å². The molecule has 16 heavy (non-hydrogen) atoms. The summed E-state index contributed by atoms with van der Waals surface area (Å²) in [5, 5.41) is 0.908. The van der Waals surface area contributed by atoms with Crippen LogP contribution in [-0.2, 0) is 0 Å². The minimum absolute atomic E-state index is 0.908. The molecule has 0 radical (unpaired) electrons. The predicted molar refractivity (Wildman–Crippen MR) is 75.2 cm³/mol. The second kappa shape index (κ2) is 3.93. The molecule has 0 heterocycles. The van der Waals surface area contributed by atoms with Gasteiger partial charge < -0.3 is 0 Å². The zero-order valence-electron chi connectivity index (χ0n) is 10.2. The van der Waals surface area contributed by atoms with Crippen LogP contribution in [0, 0.1) is 17.8 Å². The maximum Gasteiger partial charge on any atom is -0.00825 e. The average Bonchev–Trinajstić information content (AvgIpc) is 3.06. The van der Waals surface area contributed by atoms with E-state index in [9.17, 15) is 0 Å². The van der Waals surface area contributed by atoms with Crippen LogP contribution in [0.15, 0.2) is 0 Å². The Kier molecular flexibility index (Phi) is 2.64. The van der Waals surface area contributed by atoms with Crippen molar-refractivity contribution in [2.24, 2.45) is 17.8 Å². The molecule has 0 spiro atoms. The van der Waals surface area contributed by atoms with E-state index >= 15 is 0 Å². The van der Waals surface area contributed by atoms with Gasteiger partial charge in [-0.1, -0.05) is 23.0 Å². The van der Waals surface area contributed by atoms with Crippen molar-refractivity contribution in [2.45, 2.75) is 68.6 Å². The molecule has 0 amide bonds. The van der Waals surface area contributed by atoms with E-state index in [0.29, 0.717) is 0 Å². The van der Waals surface area contributed by atoms with Gasteiger partial charge in [0.1, 0.15) is 0 Å². The normalized spacial score (nSPS) is 55.5. The smallest absolute Gasteiger partial charge is 0.00825 e. The summed E-state index contributed by atoms with van der Waals surface area (Å²) in [7, 11) is 2.74. The molecule has 0 aliphatic heterocycles. The van der Waals surface area contributed by atoms with Crippen LogP contribution in [0.2, 0.25) is 0 Å². The molecule has 4 bridgehead atoms. The summed E-state index contributed by atoms with van der Waals surface area (Å²) in [5.74, 6) is 3.52. The van der Waals surface area contributed by atoms with Gasteiger partial charge in [-0.05, 0) is 79.9 Å². The SMILES string of the molecule is C1CC2CC1CC2PPC12CCC(CC1)C2. The van der Waals surface area contributed by atoms with E-state index in [4.69, 9.17) is 0 Å². The highest BCUT2D eigenvalue weighted by Crippen LogP contribution is 2.68. The molecular weight excluding hydrogens is 230 g/mol. The lowest BCUT2D eigenvalue weighted by atomic mass is 10.0. The van der Waals surface area contributed by atoms with Gasteiger partial charge >= 0.3 is 0 Å². The zero-order valence-corrected chi connectivity index (χ0v) is 12.2. The first-order valence-corrected chi connectivity index (χ1v) is 10.4. The van der Waals surface area contributed by atoms with Crippen molar-refractivity contribution in [3.63, 3.8) is 0 Å². The van der Waals surface area contributed by atoms with Crippen LogP contribution in [0.1, 0.15) is 57.8 Å². The summed E-state index contributed by atoms with van der Waals surface area (Å²) in [4.78, 5) is 0. The molecule has 0 saturated heterocycles. The van der Waals surface area contributed by atoms with Gasteiger partial charge in [0.2, 0.25) is 0 Å². The van der Waals surface area contributed by atoms with E-state index < -0.39 is 0 Å². The molecule has 4 aliphatic carbocycles. The molecule has 0 nitrogen and oxygen atoms in total. The third kappa shape index (κ3) is 1.71. The Hall–Kier alpha value is 0.860. The molecule has 4 aliphatic rings. The minimum Gasteiger partial charge on any atom is -0.0952 e. The Morgan fingerprint density at radius 2 is 1.75 bits per heavy atom. The van der Waals surface area contributed by atoms with Gasteiger partial charge in [0, 0.05) is 0 Å². The summed E-state index contributed by atoms with van der Waals surface area (Å²) < 4.78 is 0. The Morgan fingerprint density at radius 3 is 2.31 bits per heavy atom. The second-order valence-electron chi connectivity index (χ2n) is 6.98. The largest absolute Gasteiger partial charge is 0.0952 e. The number of hydrogen-bond donors (Lipinski definition) is 0. The molecular formula is C14H24P2. The van der Waals surface area contributed by atoms with Gasteiger partial charge in [0.15, 0.2) is 0 Å². The summed E-state index contributed by atoms with van der Waals surface area (Å²) in [5.41, 5.74) is 1.20. The van der Waals surface area contributed by atoms with Gasteiger partial charge in [-0.3, -0.25) is 0 Å². The first-order valence-electron chi connectivity index (χ1n) is 7.36. The van der Waals surface area contributed by atoms with Crippen LogP contribution >= 0.6 is 16.5 Å². The van der Waals surface area contributed by atoms with Crippen molar-refractivity contribution >= 4 is 16.5 Å². The van der Waals surface area contributed by atoms with Crippen LogP contribution in [0.4, 0.5) is 0 Å². The first-order chi connectivity index (χ1) is 7.83. The minimum atomic E-state index is 0.908. The molecule has 0 aromatic carbocycles. The van der Waals surface area contributed by atoms with Crippen LogP contribution < -0.4 is 0 Å². The number of rotatable bonds is 3. The van der Waals surface area contributed by atoms with Gasteiger partial charge in [-0.2, -0.15) is 0 Å². The number of hydrogen-bond acceptors (Lipinski definition) is 0. The molecule has 4 fully saturated rings. The third-order valence-corrected chi connectivity index (χ3v) is 11.6. The molecule has 0 aromatic heterocycles. The first kappa shape index (κ1) is 10.8. The van der Waals surface area contributed by atoms with Gasteiger partial charge in [0.25, 0.3) is 0 Å². The standard InChI is InChI=1S/C14H24P2/c1-2-12-7-11(1)8-13(12)15-16-14-5-3-10(9-14)4-6-14/h10-13,15-16H,1-9H2. The number of fused-ring (bicyclic) bond motifs is 4. The fourth-order valence-corrected chi connectivity index (χ4v) is 11.0. The average molecular weight is 254 g/mol. The van der Waals surface area contributed by atoms with E-state index in [0.717, 1.165) is 11.1 Å². The summed E-state index contributed by atoms with van der Waals surface area (Å²) >= 11 is 0. The summed E-state index contributed by atoms with van der Waals surface area (Å²) in [6.45, 7) is 0. The lowest BCUT2D eigenvalue weighted by Crippen LogP contribution is -2.16. The Labute approximate surface area is 103 Å². The van der Waals surface area contributed by atoms with Crippen molar-refractivity contribution in [2.75, 3.05) is 0 Å².